The third kappa shape index (κ3) is 2.68. The van der Waals surface area contributed by atoms with Gasteiger partial charge in [0.1, 0.15) is 5.82 Å². The van der Waals surface area contributed by atoms with Crippen LogP contribution in [0.15, 0.2) is 34.7 Å². The van der Waals surface area contributed by atoms with Gasteiger partial charge in [0.2, 0.25) is 5.13 Å². The summed E-state index contributed by atoms with van der Waals surface area (Å²) in [6.07, 6.45) is 4.44. The summed E-state index contributed by atoms with van der Waals surface area (Å²) in [6, 6.07) is 8.51. The highest BCUT2D eigenvalue weighted by Gasteiger charge is 2.23. The van der Waals surface area contributed by atoms with Gasteiger partial charge < -0.3 is 5.73 Å². The molecular formula is C13H14N4S. The molecule has 1 saturated carbocycles. The Hall–Kier alpha value is -1.88. The van der Waals surface area contributed by atoms with Gasteiger partial charge in [-0.15, -0.1) is 11.3 Å². The first-order valence-corrected chi connectivity index (χ1v) is 6.79. The molecular weight excluding hydrogens is 244 g/mol. The van der Waals surface area contributed by atoms with Gasteiger partial charge in [0, 0.05) is 5.38 Å². The van der Waals surface area contributed by atoms with Crippen LogP contribution in [0.5, 0.6) is 0 Å². The molecule has 0 aliphatic heterocycles. The fourth-order valence-electron chi connectivity index (χ4n) is 1.81. The number of thiazole rings is 1. The van der Waals surface area contributed by atoms with E-state index < -0.39 is 0 Å². The van der Waals surface area contributed by atoms with Gasteiger partial charge >= 0.3 is 0 Å². The molecule has 3 N–H and O–H groups in total. The lowest BCUT2D eigenvalue weighted by Gasteiger charge is -1.99. The normalized spacial score (nSPS) is 15.1. The molecule has 0 saturated heterocycles. The largest absolute Gasteiger partial charge is 0.383 e. The predicted octanol–water partition coefficient (Wildman–Crippen LogP) is 3.05. The van der Waals surface area contributed by atoms with E-state index in [0.29, 0.717) is 10.9 Å². The molecule has 1 heterocycles. The number of nitrogens with two attached hydrogens (primary N) is 1. The number of hydrogen-bond acceptors (Lipinski definition) is 5. The smallest absolute Gasteiger partial charge is 0.205 e. The van der Waals surface area contributed by atoms with Crippen LogP contribution in [0.3, 0.4) is 0 Å². The maximum absolute atomic E-state index is 5.53. The van der Waals surface area contributed by atoms with Crippen molar-refractivity contribution < 1.29 is 0 Å². The van der Waals surface area contributed by atoms with Crippen molar-refractivity contribution >= 4 is 28.5 Å². The molecule has 1 aromatic heterocycles. The van der Waals surface area contributed by atoms with Gasteiger partial charge in [0.05, 0.1) is 6.21 Å². The van der Waals surface area contributed by atoms with Crippen molar-refractivity contribution in [2.75, 3.05) is 11.2 Å². The Labute approximate surface area is 110 Å². The van der Waals surface area contributed by atoms with Gasteiger partial charge in [-0.05, 0) is 36.0 Å². The number of aromatic nitrogens is 1. The Bertz CT molecular complexity index is 572. The minimum Gasteiger partial charge on any atom is -0.383 e. The second kappa shape index (κ2) is 4.78. The highest BCUT2D eigenvalue weighted by Crippen LogP contribution is 2.39. The Kier molecular flexibility index (Phi) is 2.98. The van der Waals surface area contributed by atoms with Crippen molar-refractivity contribution in [1.82, 2.24) is 4.98 Å². The number of hydrogen-bond donors (Lipinski definition) is 2. The number of nitrogens with one attached hydrogen (secondary N) is 1. The van der Waals surface area contributed by atoms with Crippen LogP contribution in [-0.2, 0) is 0 Å². The number of benzene rings is 1. The van der Waals surface area contributed by atoms with E-state index in [9.17, 15) is 0 Å². The van der Waals surface area contributed by atoms with Gasteiger partial charge in [-0.1, -0.05) is 18.2 Å². The average molecular weight is 258 g/mol. The van der Waals surface area contributed by atoms with E-state index in [1.165, 1.54) is 29.7 Å². The second-order valence-corrected chi connectivity index (χ2v) is 5.25. The van der Waals surface area contributed by atoms with Crippen LogP contribution in [0.2, 0.25) is 0 Å². The fraction of sp³-hybridized carbons (Fsp3) is 0.231. The monoisotopic (exact) mass is 258 g/mol. The summed E-state index contributed by atoms with van der Waals surface area (Å²) in [5.41, 5.74) is 10.9. The van der Waals surface area contributed by atoms with Gasteiger partial charge in [-0.25, -0.2) is 4.98 Å². The highest BCUT2D eigenvalue weighted by atomic mass is 32.1. The molecule has 0 atom stereocenters. The molecule has 0 radical (unpaired) electrons. The lowest BCUT2D eigenvalue weighted by molar-refractivity contribution is 1.13. The van der Waals surface area contributed by atoms with Gasteiger partial charge in [-0.3, -0.25) is 5.43 Å². The van der Waals surface area contributed by atoms with Crippen molar-refractivity contribution in [3.05, 3.63) is 40.8 Å². The summed E-state index contributed by atoms with van der Waals surface area (Å²) in [5, 5.41) is 6.66. The SMILES string of the molecule is Nc1csc(NN=Cc2cccc(C3CC3)c2)n1. The summed E-state index contributed by atoms with van der Waals surface area (Å²) < 4.78 is 0. The Morgan fingerprint density at radius 2 is 2.33 bits per heavy atom. The van der Waals surface area contributed by atoms with Crippen LogP contribution in [-0.4, -0.2) is 11.2 Å². The van der Waals surface area contributed by atoms with E-state index in [1.54, 1.807) is 5.38 Å². The van der Waals surface area contributed by atoms with Crippen molar-refractivity contribution in [3.8, 4) is 0 Å². The molecule has 5 heteroatoms. The number of rotatable bonds is 4. The number of hydrazone groups is 1. The van der Waals surface area contributed by atoms with Crippen molar-refractivity contribution in [3.63, 3.8) is 0 Å². The minimum atomic E-state index is 0.522. The number of nitrogen functional groups attached to an aromatic ring is 1. The average Bonchev–Trinajstić information content (AvgIpc) is 3.14. The third-order valence-electron chi connectivity index (χ3n) is 2.86. The lowest BCUT2D eigenvalue weighted by atomic mass is 10.1. The molecule has 4 nitrogen and oxygen atoms in total. The minimum absolute atomic E-state index is 0.522. The molecule has 1 aliphatic carbocycles. The van der Waals surface area contributed by atoms with Crippen molar-refractivity contribution in [2.24, 2.45) is 5.10 Å². The first-order chi connectivity index (χ1) is 8.81. The molecule has 18 heavy (non-hydrogen) atoms. The van der Waals surface area contributed by atoms with Crippen LogP contribution in [0.4, 0.5) is 10.9 Å². The predicted molar refractivity (Wildman–Crippen MR) is 76.2 cm³/mol. The summed E-state index contributed by atoms with van der Waals surface area (Å²) in [4.78, 5) is 4.07. The van der Waals surface area contributed by atoms with Gasteiger partial charge in [0.15, 0.2) is 0 Å². The van der Waals surface area contributed by atoms with Crippen LogP contribution in [0, 0.1) is 0 Å². The Morgan fingerprint density at radius 3 is 3.06 bits per heavy atom. The molecule has 0 amide bonds. The summed E-state index contributed by atoms with van der Waals surface area (Å²) in [6.45, 7) is 0. The van der Waals surface area contributed by atoms with E-state index in [4.69, 9.17) is 5.73 Å². The molecule has 3 rings (SSSR count). The Morgan fingerprint density at radius 1 is 1.44 bits per heavy atom. The van der Waals surface area contributed by atoms with E-state index in [-0.39, 0.29) is 0 Å². The topological polar surface area (TPSA) is 63.3 Å². The number of nitrogens with zero attached hydrogens (tertiary/aromatic N) is 2. The molecule has 92 valence electrons. The second-order valence-electron chi connectivity index (χ2n) is 4.39. The standard InChI is InChI=1S/C13H14N4S/c14-12-8-18-13(16-12)17-15-7-9-2-1-3-11(6-9)10-4-5-10/h1-3,6-8,10H,4-5,14H2,(H,16,17). The van der Waals surface area contributed by atoms with Gasteiger partial charge in [-0.2, -0.15) is 5.10 Å². The van der Waals surface area contributed by atoms with Crippen LogP contribution >= 0.6 is 11.3 Å². The lowest BCUT2D eigenvalue weighted by Crippen LogP contribution is -1.91. The zero-order valence-electron chi connectivity index (χ0n) is 9.84. The van der Waals surface area contributed by atoms with Crippen LogP contribution in [0.25, 0.3) is 0 Å². The quantitative estimate of drug-likeness (QED) is 0.654. The first kappa shape index (κ1) is 11.2. The van der Waals surface area contributed by atoms with Crippen molar-refractivity contribution in [1.29, 1.82) is 0 Å². The molecule has 1 aromatic carbocycles. The van der Waals surface area contributed by atoms with Crippen LogP contribution in [0.1, 0.15) is 29.9 Å². The molecule has 0 spiro atoms. The summed E-state index contributed by atoms with van der Waals surface area (Å²) in [7, 11) is 0. The van der Waals surface area contributed by atoms with Crippen molar-refractivity contribution in [2.45, 2.75) is 18.8 Å². The zero-order chi connectivity index (χ0) is 12.4. The van der Waals surface area contributed by atoms with E-state index in [2.05, 4.69) is 33.7 Å². The fourth-order valence-corrected chi connectivity index (χ4v) is 2.36. The summed E-state index contributed by atoms with van der Waals surface area (Å²) in [5.74, 6) is 1.29. The first-order valence-electron chi connectivity index (χ1n) is 5.91. The number of anilines is 2. The van der Waals surface area contributed by atoms with Gasteiger partial charge in [0.25, 0.3) is 0 Å². The molecule has 0 unspecified atom stereocenters. The Balaban J connectivity index is 1.66. The summed E-state index contributed by atoms with van der Waals surface area (Å²) >= 11 is 1.44. The third-order valence-corrected chi connectivity index (χ3v) is 3.62. The molecule has 1 fully saturated rings. The highest BCUT2D eigenvalue weighted by molar-refractivity contribution is 7.14. The van der Waals surface area contributed by atoms with E-state index in [0.717, 1.165) is 11.5 Å². The maximum atomic E-state index is 5.53. The molecule has 0 bridgehead atoms. The van der Waals surface area contributed by atoms with Crippen LogP contribution < -0.4 is 11.2 Å². The van der Waals surface area contributed by atoms with E-state index >= 15 is 0 Å². The zero-order valence-corrected chi connectivity index (χ0v) is 10.7. The molecule has 1 aliphatic rings. The molecule has 2 aromatic rings. The van der Waals surface area contributed by atoms with E-state index in [1.807, 2.05) is 12.3 Å². The maximum Gasteiger partial charge on any atom is 0.205 e.